The molecule has 0 spiro atoms. The summed E-state index contributed by atoms with van der Waals surface area (Å²) in [5.41, 5.74) is 6.35. The zero-order valence-corrected chi connectivity index (χ0v) is 9.53. The summed E-state index contributed by atoms with van der Waals surface area (Å²) in [6, 6.07) is -0.563. The molecule has 6 heteroatoms. The maximum Gasteiger partial charge on any atom is 0.352 e. The topological polar surface area (TPSA) is 83.6 Å². The minimum Gasteiger partial charge on any atom is -0.477 e. The first-order chi connectivity index (χ1) is 7.57. The van der Waals surface area contributed by atoms with Crippen LogP contribution in [0.25, 0.3) is 0 Å². The van der Waals surface area contributed by atoms with Crippen molar-refractivity contribution in [3.05, 3.63) is 23.4 Å². The number of nitrogens with two attached hydrogens (primary N) is 1. The standard InChI is InChI=1S/C10H12N2O3S/c1-2-3-5-4-16-9-6(11)8(13)12(9)7(5)10(14)15/h2-3,6,9H,4,11H2,1H3,(H,14,15)/b3-2-/t6?,9-/m1/s1. The van der Waals surface area contributed by atoms with E-state index in [2.05, 4.69) is 0 Å². The van der Waals surface area contributed by atoms with Crippen molar-refractivity contribution < 1.29 is 14.7 Å². The zero-order valence-electron chi connectivity index (χ0n) is 8.71. The Balaban J connectivity index is 2.41. The number of carboxylic acids is 1. The van der Waals surface area contributed by atoms with Gasteiger partial charge in [0.15, 0.2) is 0 Å². The monoisotopic (exact) mass is 240 g/mol. The fraction of sp³-hybridized carbons (Fsp3) is 0.400. The third kappa shape index (κ3) is 1.45. The molecule has 2 aliphatic heterocycles. The molecular formula is C10H12N2O3S. The number of amides is 1. The molecule has 1 amide bonds. The Morgan fingerprint density at radius 2 is 2.38 bits per heavy atom. The summed E-state index contributed by atoms with van der Waals surface area (Å²) in [6.45, 7) is 1.81. The number of hydrogen-bond donors (Lipinski definition) is 2. The van der Waals surface area contributed by atoms with Crippen LogP contribution in [0.4, 0.5) is 0 Å². The van der Waals surface area contributed by atoms with Gasteiger partial charge in [0.25, 0.3) is 0 Å². The van der Waals surface area contributed by atoms with Crippen molar-refractivity contribution in [3.63, 3.8) is 0 Å². The molecule has 0 radical (unpaired) electrons. The number of aliphatic carboxylic acids is 1. The SMILES string of the molecule is C/C=C\C1=C(C(=O)O)N2C(=O)C(N)[C@H]2SC1. The molecule has 1 unspecified atom stereocenters. The van der Waals surface area contributed by atoms with E-state index in [1.165, 1.54) is 16.7 Å². The van der Waals surface area contributed by atoms with Crippen LogP contribution in [0.1, 0.15) is 6.92 Å². The van der Waals surface area contributed by atoms with Crippen LogP contribution in [0, 0.1) is 0 Å². The summed E-state index contributed by atoms with van der Waals surface area (Å²) < 4.78 is 0. The van der Waals surface area contributed by atoms with Crippen LogP contribution >= 0.6 is 11.8 Å². The molecule has 2 atom stereocenters. The van der Waals surface area contributed by atoms with Gasteiger partial charge in [0, 0.05) is 5.75 Å². The number of allylic oxidation sites excluding steroid dienone is 2. The average Bonchev–Trinajstić information content (AvgIpc) is 2.27. The first kappa shape index (κ1) is 11.2. The number of carboxylic acid groups (broad SMARTS) is 1. The Bertz CT molecular complexity index is 416. The van der Waals surface area contributed by atoms with E-state index in [-0.39, 0.29) is 17.0 Å². The van der Waals surface area contributed by atoms with Crippen molar-refractivity contribution in [3.8, 4) is 0 Å². The number of rotatable bonds is 2. The molecule has 2 aliphatic rings. The summed E-state index contributed by atoms with van der Waals surface area (Å²) in [6.07, 6.45) is 3.49. The lowest BCUT2D eigenvalue weighted by Crippen LogP contribution is -2.68. The van der Waals surface area contributed by atoms with Gasteiger partial charge < -0.3 is 10.8 Å². The third-order valence-corrected chi connectivity index (χ3v) is 3.93. The van der Waals surface area contributed by atoms with Crippen molar-refractivity contribution in [2.45, 2.75) is 18.3 Å². The van der Waals surface area contributed by atoms with Crippen molar-refractivity contribution in [1.82, 2.24) is 4.90 Å². The fourth-order valence-electron chi connectivity index (χ4n) is 1.87. The number of fused-ring (bicyclic) bond motifs is 1. The Kier molecular flexibility index (Phi) is 2.77. The Hall–Kier alpha value is -1.27. The predicted molar refractivity (Wildman–Crippen MR) is 60.5 cm³/mol. The molecule has 0 aliphatic carbocycles. The molecule has 0 bridgehead atoms. The largest absolute Gasteiger partial charge is 0.477 e. The highest BCUT2D eigenvalue weighted by atomic mass is 32.2. The lowest BCUT2D eigenvalue weighted by molar-refractivity contribution is -0.147. The molecule has 5 nitrogen and oxygen atoms in total. The summed E-state index contributed by atoms with van der Waals surface area (Å²) in [7, 11) is 0. The average molecular weight is 240 g/mol. The minimum atomic E-state index is -1.07. The quantitative estimate of drug-likeness (QED) is 0.671. The first-order valence-corrected chi connectivity index (χ1v) is 5.92. The number of carbonyl (C=O) groups excluding carboxylic acids is 1. The molecule has 0 aromatic heterocycles. The Labute approximate surface area is 97.0 Å². The molecule has 16 heavy (non-hydrogen) atoms. The van der Waals surface area contributed by atoms with Crippen LogP contribution in [0.2, 0.25) is 0 Å². The van der Waals surface area contributed by atoms with E-state index in [1.807, 2.05) is 6.92 Å². The molecule has 2 rings (SSSR count). The molecular weight excluding hydrogens is 228 g/mol. The maximum absolute atomic E-state index is 11.5. The Morgan fingerprint density at radius 3 is 2.94 bits per heavy atom. The number of nitrogens with zero attached hydrogens (tertiary/aromatic N) is 1. The van der Waals surface area contributed by atoms with Crippen molar-refractivity contribution >= 4 is 23.6 Å². The van der Waals surface area contributed by atoms with Gasteiger partial charge in [-0.25, -0.2) is 4.79 Å². The predicted octanol–water partition coefficient (Wildman–Crippen LogP) is 0.144. The normalized spacial score (nSPS) is 29.4. The van der Waals surface area contributed by atoms with Crippen molar-refractivity contribution in [1.29, 1.82) is 0 Å². The zero-order chi connectivity index (χ0) is 11.9. The van der Waals surface area contributed by atoms with E-state index in [0.29, 0.717) is 11.3 Å². The fourth-order valence-corrected chi connectivity index (χ4v) is 3.13. The van der Waals surface area contributed by atoms with Gasteiger partial charge in [0.2, 0.25) is 5.91 Å². The number of carbonyl (C=O) groups is 2. The molecule has 1 saturated heterocycles. The van der Waals surface area contributed by atoms with Gasteiger partial charge in [-0.05, 0) is 12.5 Å². The molecule has 2 heterocycles. The van der Waals surface area contributed by atoms with Gasteiger partial charge in [-0.1, -0.05) is 12.2 Å². The van der Waals surface area contributed by atoms with Crippen molar-refractivity contribution in [2.24, 2.45) is 5.73 Å². The molecule has 0 aromatic carbocycles. The van der Waals surface area contributed by atoms with Crippen LogP contribution in [0.15, 0.2) is 23.4 Å². The number of hydrogen-bond acceptors (Lipinski definition) is 4. The molecule has 86 valence electrons. The Morgan fingerprint density at radius 1 is 1.69 bits per heavy atom. The van der Waals surface area contributed by atoms with Crippen LogP contribution in [0.5, 0.6) is 0 Å². The van der Waals surface area contributed by atoms with E-state index in [9.17, 15) is 9.59 Å². The summed E-state index contributed by atoms with van der Waals surface area (Å²) in [5, 5.41) is 8.91. The highest BCUT2D eigenvalue weighted by molar-refractivity contribution is 8.00. The maximum atomic E-state index is 11.5. The third-order valence-electron chi connectivity index (χ3n) is 2.61. The van der Waals surface area contributed by atoms with E-state index in [4.69, 9.17) is 10.8 Å². The van der Waals surface area contributed by atoms with Gasteiger partial charge >= 0.3 is 5.97 Å². The molecule has 0 aromatic rings. The van der Waals surface area contributed by atoms with Gasteiger partial charge in [-0.15, -0.1) is 11.8 Å². The van der Waals surface area contributed by atoms with Crippen LogP contribution in [-0.4, -0.2) is 39.1 Å². The van der Waals surface area contributed by atoms with Gasteiger partial charge in [0.05, 0.1) is 0 Å². The highest BCUT2D eigenvalue weighted by Crippen LogP contribution is 2.39. The van der Waals surface area contributed by atoms with Crippen LogP contribution in [-0.2, 0) is 9.59 Å². The second kappa shape index (κ2) is 3.95. The summed E-state index contributed by atoms with van der Waals surface area (Å²) in [4.78, 5) is 24.0. The summed E-state index contributed by atoms with van der Waals surface area (Å²) >= 11 is 1.50. The molecule has 1 fully saturated rings. The smallest absolute Gasteiger partial charge is 0.352 e. The lowest BCUT2D eigenvalue weighted by Gasteiger charge is -2.47. The van der Waals surface area contributed by atoms with E-state index in [0.717, 1.165) is 0 Å². The summed E-state index contributed by atoms with van der Waals surface area (Å²) in [5.74, 6) is -0.802. The van der Waals surface area contributed by atoms with Gasteiger partial charge in [-0.2, -0.15) is 0 Å². The van der Waals surface area contributed by atoms with Gasteiger partial charge in [-0.3, -0.25) is 9.69 Å². The highest BCUT2D eigenvalue weighted by Gasteiger charge is 2.51. The number of thioether (sulfide) groups is 1. The number of β-lactam (4-membered cyclic amide) rings is 1. The molecule has 3 N–H and O–H groups in total. The van der Waals surface area contributed by atoms with E-state index >= 15 is 0 Å². The van der Waals surface area contributed by atoms with Crippen LogP contribution < -0.4 is 5.73 Å². The molecule has 0 saturated carbocycles. The second-order valence-corrected chi connectivity index (χ2v) is 4.72. The second-order valence-electron chi connectivity index (χ2n) is 3.61. The minimum absolute atomic E-state index is 0.0774. The van der Waals surface area contributed by atoms with Crippen LogP contribution in [0.3, 0.4) is 0 Å². The van der Waals surface area contributed by atoms with E-state index in [1.54, 1.807) is 12.2 Å². The van der Waals surface area contributed by atoms with Crippen molar-refractivity contribution in [2.75, 3.05) is 5.75 Å². The first-order valence-electron chi connectivity index (χ1n) is 4.87. The van der Waals surface area contributed by atoms with E-state index < -0.39 is 12.0 Å². The lowest BCUT2D eigenvalue weighted by atomic mass is 10.0. The van der Waals surface area contributed by atoms with Gasteiger partial charge in [0.1, 0.15) is 17.1 Å².